The Morgan fingerprint density at radius 1 is 1.25 bits per heavy atom. The van der Waals surface area contributed by atoms with Crippen molar-refractivity contribution in [3.8, 4) is 0 Å². The summed E-state index contributed by atoms with van der Waals surface area (Å²) in [6.45, 7) is 3.82. The monoisotopic (exact) mass is 449 g/mol. The minimum atomic E-state index is -1.14. The van der Waals surface area contributed by atoms with E-state index < -0.39 is 5.60 Å². The van der Waals surface area contributed by atoms with Crippen LogP contribution < -0.4 is 0 Å². The second kappa shape index (κ2) is 8.40. The largest absolute Gasteiger partial charge is 0.361 e. The van der Waals surface area contributed by atoms with E-state index in [9.17, 15) is 9.59 Å². The van der Waals surface area contributed by atoms with Crippen LogP contribution in [0, 0.1) is 6.92 Å². The van der Waals surface area contributed by atoms with Gasteiger partial charge in [0.05, 0.1) is 18.2 Å². The predicted molar refractivity (Wildman–Crippen MR) is 118 cm³/mol. The van der Waals surface area contributed by atoms with Crippen molar-refractivity contribution in [1.29, 1.82) is 0 Å². The van der Waals surface area contributed by atoms with Gasteiger partial charge in [-0.1, -0.05) is 6.07 Å². The molecule has 0 unspecified atom stereocenters. The van der Waals surface area contributed by atoms with E-state index >= 15 is 0 Å². The Morgan fingerprint density at radius 3 is 2.81 bits per heavy atom. The van der Waals surface area contributed by atoms with Crippen LogP contribution in [0.5, 0.6) is 0 Å². The number of rotatable bonds is 4. The number of aromatic nitrogens is 3. The molecule has 32 heavy (non-hydrogen) atoms. The molecule has 0 saturated carbocycles. The van der Waals surface area contributed by atoms with Gasteiger partial charge >= 0.3 is 0 Å². The number of amides is 2. The number of pyridine rings is 2. The zero-order chi connectivity index (χ0) is 22.1. The second-order valence-corrected chi connectivity index (χ2v) is 9.16. The lowest BCUT2D eigenvalue weighted by Crippen LogP contribution is -2.60. The minimum absolute atomic E-state index is 0.0980. The lowest BCUT2D eigenvalue weighted by atomic mass is 9.83. The van der Waals surface area contributed by atoms with Gasteiger partial charge < -0.3 is 14.5 Å². The van der Waals surface area contributed by atoms with Gasteiger partial charge in [-0.3, -0.25) is 19.6 Å². The van der Waals surface area contributed by atoms with Crippen LogP contribution in [0.4, 0.5) is 0 Å². The lowest BCUT2D eigenvalue weighted by molar-refractivity contribution is -0.172. The van der Waals surface area contributed by atoms with Crippen molar-refractivity contribution >= 4 is 23.2 Å². The number of hydrogen-bond acceptors (Lipinski definition) is 7. The molecule has 5 rings (SSSR count). The van der Waals surface area contributed by atoms with E-state index in [-0.39, 0.29) is 24.3 Å². The summed E-state index contributed by atoms with van der Waals surface area (Å²) in [5, 5.41) is 2.60. The van der Waals surface area contributed by atoms with E-state index in [1.165, 1.54) is 11.3 Å². The molecule has 0 aliphatic carbocycles. The number of thiazole rings is 1. The first-order valence-electron chi connectivity index (χ1n) is 10.5. The van der Waals surface area contributed by atoms with Crippen molar-refractivity contribution < 1.29 is 14.3 Å². The van der Waals surface area contributed by atoms with Gasteiger partial charge in [-0.05, 0) is 36.2 Å². The first kappa shape index (κ1) is 20.7. The van der Waals surface area contributed by atoms with Gasteiger partial charge in [-0.25, -0.2) is 4.98 Å². The maximum absolute atomic E-state index is 13.9. The topological polar surface area (TPSA) is 88.5 Å². The fourth-order valence-corrected chi connectivity index (χ4v) is 5.14. The van der Waals surface area contributed by atoms with E-state index in [4.69, 9.17) is 4.74 Å². The first-order valence-corrected chi connectivity index (χ1v) is 11.4. The Kier molecular flexibility index (Phi) is 5.44. The van der Waals surface area contributed by atoms with Gasteiger partial charge in [0.15, 0.2) is 5.60 Å². The highest BCUT2D eigenvalue weighted by molar-refractivity contribution is 7.09. The van der Waals surface area contributed by atoms with Crippen LogP contribution in [0.3, 0.4) is 0 Å². The highest BCUT2D eigenvalue weighted by atomic mass is 32.1. The highest BCUT2D eigenvalue weighted by Crippen LogP contribution is 2.42. The van der Waals surface area contributed by atoms with E-state index in [0.717, 1.165) is 16.1 Å². The summed E-state index contributed by atoms with van der Waals surface area (Å²) >= 11 is 1.44. The molecule has 164 valence electrons. The number of carbonyl (C=O) groups excluding carboxylic acids is 2. The van der Waals surface area contributed by atoms with Crippen LogP contribution in [0.1, 0.15) is 32.5 Å². The van der Waals surface area contributed by atoms with Crippen LogP contribution in [0.25, 0.3) is 0 Å². The molecule has 5 heterocycles. The van der Waals surface area contributed by atoms with E-state index in [1.807, 2.05) is 36.1 Å². The number of aryl methyl sites for hydroxylation is 1. The van der Waals surface area contributed by atoms with Crippen molar-refractivity contribution in [2.24, 2.45) is 0 Å². The van der Waals surface area contributed by atoms with Crippen LogP contribution in [-0.4, -0.2) is 68.4 Å². The molecule has 2 aliphatic rings. The Hall–Kier alpha value is -3.17. The molecular weight excluding hydrogens is 426 g/mol. The average molecular weight is 450 g/mol. The third kappa shape index (κ3) is 3.67. The Bertz CT molecular complexity index is 1120. The molecule has 0 radical (unpaired) electrons. The van der Waals surface area contributed by atoms with E-state index in [0.29, 0.717) is 31.9 Å². The van der Waals surface area contributed by atoms with Crippen molar-refractivity contribution in [3.63, 3.8) is 0 Å². The molecule has 0 N–H and O–H groups in total. The molecule has 2 saturated heterocycles. The van der Waals surface area contributed by atoms with Crippen LogP contribution >= 0.6 is 11.3 Å². The summed E-state index contributed by atoms with van der Waals surface area (Å²) in [4.78, 5) is 43.2. The highest BCUT2D eigenvalue weighted by Gasteiger charge is 2.58. The van der Waals surface area contributed by atoms with Crippen LogP contribution in [0.2, 0.25) is 0 Å². The summed E-state index contributed by atoms with van der Waals surface area (Å²) in [5.74, 6) is -0.588. The lowest BCUT2D eigenvalue weighted by Gasteiger charge is -2.42. The second-order valence-electron chi connectivity index (χ2n) is 8.10. The molecule has 2 atom stereocenters. The fourth-order valence-electron chi connectivity index (χ4n) is 4.55. The molecule has 3 aromatic heterocycles. The SMILES string of the molecule is Cc1nc(C(=O)N2C[C@H](c3cccnc3)[C@]3(C2)OCCN(Cc2ccncc2)C3=O)cs1. The van der Waals surface area contributed by atoms with Gasteiger partial charge in [0.25, 0.3) is 11.8 Å². The first-order chi connectivity index (χ1) is 15.6. The number of morpholine rings is 1. The zero-order valence-electron chi connectivity index (χ0n) is 17.7. The minimum Gasteiger partial charge on any atom is -0.361 e. The predicted octanol–water partition coefficient (Wildman–Crippen LogP) is 2.28. The molecule has 2 fully saturated rings. The molecule has 3 aromatic rings. The Morgan fingerprint density at radius 2 is 2.09 bits per heavy atom. The molecule has 8 nitrogen and oxygen atoms in total. The zero-order valence-corrected chi connectivity index (χ0v) is 18.5. The summed E-state index contributed by atoms with van der Waals surface area (Å²) < 4.78 is 6.25. The maximum atomic E-state index is 13.9. The van der Waals surface area contributed by atoms with Gasteiger partial charge in [-0.2, -0.15) is 0 Å². The molecule has 9 heteroatoms. The van der Waals surface area contributed by atoms with Crippen LogP contribution in [0.15, 0.2) is 54.4 Å². The maximum Gasteiger partial charge on any atom is 0.273 e. The number of hydrogen-bond donors (Lipinski definition) is 0. The van der Waals surface area contributed by atoms with E-state index in [1.54, 1.807) is 35.1 Å². The summed E-state index contributed by atoms with van der Waals surface area (Å²) in [6, 6.07) is 7.60. The van der Waals surface area contributed by atoms with Crippen LogP contribution in [-0.2, 0) is 16.1 Å². The fraction of sp³-hybridized carbons (Fsp3) is 0.348. The number of likely N-dealkylation sites (tertiary alicyclic amines) is 1. The van der Waals surface area contributed by atoms with Crippen molar-refractivity contribution in [2.75, 3.05) is 26.2 Å². The quantitative estimate of drug-likeness (QED) is 0.607. The number of nitrogens with zero attached hydrogens (tertiary/aromatic N) is 5. The summed E-state index contributed by atoms with van der Waals surface area (Å²) in [6.07, 6.45) is 6.90. The molecule has 0 aromatic carbocycles. The third-order valence-electron chi connectivity index (χ3n) is 6.10. The molecule has 0 bridgehead atoms. The smallest absolute Gasteiger partial charge is 0.273 e. The standard InChI is InChI=1S/C23H23N5O3S/c1-16-26-20(14-32-16)21(29)28-13-19(18-3-2-6-25-11-18)23(15-28)22(30)27(9-10-31-23)12-17-4-7-24-8-5-17/h2-8,11,14,19H,9-10,12-13,15H2,1H3/t19-,23+/m1/s1. The van der Waals surface area contributed by atoms with E-state index in [2.05, 4.69) is 15.0 Å². The van der Waals surface area contributed by atoms with Crippen molar-refractivity contribution in [1.82, 2.24) is 24.8 Å². The summed E-state index contributed by atoms with van der Waals surface area (Å²) in [7, 11) is 0. The van der Waals surface area contributed by atoms with Gasteiger partial charge in [-0.15, -0.1) is 11.3 Å². The van der Waals surface area contributed by atoms with Gasteiger partial charge in [0, 0.05) is 55.7 Å². The average Bonchev–Trinajstić information content (AvgIpc) is 3.42. The number of ether oxygens (including phenoxy) is 1. The van der Waals surface area contributed by atoms with Crippen molar-refractivity contribution in [3.05, 3.63) is 76.3 Å². The Labute approximate surface area is 189 Å². The third-order valence-corrected chi connectivity index (χ3v) is 6.87. The normalized spacial score (nSPS) is 23.2. The van der Waals surface area contributed by atoms with Crippen molar-refractivity contribution in [2.45, 2.75) is 25.0 Å². The molecule has 1 spiro atoms. The molecular formula is C23H23N5O3S. The van der Waals surface area contributed by atoms with Gasteiger partial charge in [0.2, 0.25) is 0 Å². The molecule has 2 aliphatic heterocycles. The summed E-state index contributed by atoms with van der Waals surface area (Å²) in [5.41, 5.74) is 1.16. The Balaban J connectivity index is 1.48. The van der Waals surface area contributed by atoms with Gasteiger partial charge in [0.1, 0.15) is 5.69 Å². The number of carbonyl (C=O) groups is 2. The molecule has 2 amide bonds.